The fourth-order valence-electron chi connectivity index (χ4n) is 0.560. The fourth-order valence-corrected chi connectivity index (χ4v) is 0.560. The van der Waals surface area contributed by atoms with Crippen molar-refractivity contribution in [3.05, 3.63) is 0 Å². The summed E-state index contributed by atoms with van der Waals surface area (Å²) in [5, 5.41) is 0. The molecule has 0 spiro atoms. The molecular formula is C4H5F3N2O. The van der Waals surface area contributed by atoms with Crippen LogP contribution in [0.5, 0.6) is 0 Å². The Morgan fingerprint density at radius 2 is 2.20 bits per heavy atom. The third-order valence-electron chi connectivity index (χ3n) is 1.05. The molecule has 0 aromatic heterocycles. The molecule has 1 aliphatic rings. The number of ether oxygens (including phenoxy) is 1. The van der Waals surface area contributed by atoms with Gasteiger partial charge in [0.1, 0.15) is 6.61 Å². The number of rotatable bonds is 0. The molecule has 1 atom stereocenters. The highest BCUT2D eigenvalue weighted by Gasteiger charge is 2.43. The van der Waals surface area contributed by atoms with Crippen molar-refractivity contribution in [2.45, 2.75) is 12.2 Å². The molecule has 2 N–H and O–H groups in total. The summed E-state index contributed by atoms with van der Waals surface area (Å²) in [6, 6.07) is -2.16. The quantitative estimate of drug-likeness (QED) is 0.544. The van der Waals surface area contributed by atoms with Crippen LogP contribution in [0.4, 0.5) is 13.2 Å². The third kappa shape index (κ3) is 1.31. The van der Waals surface area contributed by atoms with E-state index in [1.54, 1.807) is 0 Å². The normalized spacial score (nSPS) is 25.9. The number of halogens is 3. The number of nitrogens with zero attached hydrogens (tertiary/aromatic N) is 1. The zero-order valence-electron chi connectivity index (χ0n) is 4.85. The fraction of sp³-hybridized carbons (Fsp3) is 0.750. The summed E-state index contributed by atoms with van der Waals surface area (Å²) >= 11 is 0. The summed E-state index contributed by atoms with van der Waals surface area (Å²) < 4.78 is 39.4. The van der Waals surface area contributed by atoms with Gasteiger partial charge in [-0.15, -0.1) is 0 Å². The van der Waals surface area contributed by atoms with Gasteiger partial charge in [-0.1, -0.05) is 0 Å². The molecule has 0 fully saturated rings. The van der Waals surface area contributed by atoms with Crippen molar-refractivity contribution >= 4 is 6.02 Å². The molecule has 0 saturated carbocycles. The molecule has 1 aliphatic heterocycles. The van der Waals surface area contributed by atoms with Crippen LogP contribution in [0, 0.1) is 0 Å². The van der Waals surface area contributed by atoms with E-state index in [9.17, 15) is 13.2 Å². The minimum absolute atomic E-state index is 0.387. The van der Waals surface area contributed by atoms with E-state index in [2.05, 4.69) is 9.73 Å². The molecule has 0 unspecified atom stereocenters. The van der Waals surface area contributed by atoms with Gasteiger partial charge in [-0.05, 0) is 0 Å². The lowest BCUT2D eigenvalue weighted by Gasteiger charge is -2.08. The molecule has 0 aromatic rings. The molecule has 0 saturated heterocycles. The molecule has 3 nitrogen and oxygen atoms in total. The van der Waals surface area contributed by atoms with Crippen LogP contribution < -0.4 is 5.73 Å². The highest BCUT2D eigenvalue weighted by molar-refractivity contribution is 5.73. The van der Waals surface area contributed by atoms with Crippen molar-refractivity contribution in [2.24, 2.45) is 10.7 Å². The lowest BCUT2D eigenvalue weighted by Crippen LogP contribution is -2.27. The molecule has 0 aromatic carbocycles. The van der Waals surface area contributed by atoms with Gasteiger partial charge < -0.3 is 10.5 Å². The van der Waals surface area contributed by atoms with Crippen molar-refractivity contribution in [2.75, 3.05) is 6.61 Å². The number of hydrogen-bond donors (Lipinski definition) is 1. The Morgan fingerprint density at radius 1 is 1.60 bits per heavy atom. The topological polar surface area (TPSA) is 47.6 Å². The van der Waals surface area contributed by atoms with Crippen molar-refractivity contribution in [1.82, 2.24) is 0 Å². The number of aliphatic imine (C=N–C) groups is 1. The second-order valence-electron chi connectivity index (χ2n) is 1.84. The Bertz CT molecular complexity index is 164. The molecular weight excluding hydrogens is 149 g/mol. The van der Waals surface area contributed by atoms with Gasteiger partial charge in [0, 0.05) is 0 Å². The lowest BCUT2D eigenvalue weighted by atomic mass is 10.3. The van der Waals surface area contributed by atoms with Gasteiger partial charge in [-0.3, -0.25) is 0 Å². The smallest absolute Gasteiger partial charge is 0.414 e. The van der Waals surface area contributed by atoms with Crippen LogP contribution in [0.25, 0.3) is 0 Å². The van der Waals surface area contributed by atoms with Gasteiger partial charge in [0.2, 0.25) is 0 Å². The van der Waals surface area contributed by atoms with Crippen molar-refractivity contribution < 1.29 is 17.9 Å². The van der Waals surface area contributed by atoms with Crippen molar-refractivity contribution in [3.63, 3.8) is 0 Å². The van der Waals surface area contributed by atoms with Gasteiger partial charge in [-0.25, -0.2) is 4.99 Å². The second-order valence-corrected chi connectivity index (χ2v) is 1.84. The van der Waals surface area contributed by atoms with Gasteiger partial charge in [0.05, 0.1) is 0 Å². The van der Waals surface area contributed by atoms with Gasteiger partial charge >= 0.3 is 6.18 Å². The van der Waals surface area contributed by atoms with Crippen LogP contribution in [0.2, 0.25) is 0 Å². The second kappa shape index (κ2) is 2.03. The Balaban J connectivity index is 2.61. The van der Waals surface area contributed by atoms with Crippen LogP contribution >= 0.6 is 0 Å². The molecule has 0 amide bonds. The van der Waals surface area contributed by atoms with Crippen molar-refractivity contribution in [1.29, 1.82) is 0 Å². The summed E-state index contributed by atoms with van der Waals surface area (Å²) in [6.07, 6.45) is -4.33. The van der Waals surface area contributed by atoms with Crippen molar-refractivity contribution in [3.8, 4) is 0 Å². The summed E-state index contributed by atoms with van der Waals surface area (Å²) in [4.78, 5) is 3.01. The van der Waals surface area contributed by atoms with E-state index in [0.29, 0.717) is 0 Å². The van der Waals surface area contributed by atoms with Gasteiger partial charge in [0.25, 0.3) is 6.02 Å². The number of hydrogen-bond acceptors (Lipinski definition) is 3. The minimum Gasteiger partial charge on any atom is -0.463 e. The van der Waals surface area contributed by atoms with Gasteiger partial charge in [-0.2, -0.15) is 13.2 Å². The average molecular weight is 154 g/mol. The first-order chi connectivity index (χ1) is 4.50. The number of nitrogens with two attached hydrogens (primary N) is 1. The van der Waals surface area contributed by atoms with E-state index in [1.807, 2.05) is 0 Å². The molecule has 58 valence electrons. The first-order valence-electron chi connectivity index (χ1n) is 2.53. The van der Waals surface area contributed by atoms with E-state index in [1.165, 1.54) is 0 Å². The predicted octanol–water partition coefficient (Wildman–Crippen LogP) is 0.262. The third-order valence-corrected chi connectivity index (χ3v) is 1.05. The molecule has 6 heteroatoms. The summed E-state index contributed by atoms with van der Waals surface area (Å²) in [6.45, 7) is -0.491. The molecule has 10 heavy (non-hydrogen) atoms. The minimum atomic E-state index is -4.33. The summed E-state index contributed by atoms with van der Waals surface area (Å²) in [5.41, 5.74) is 4.85. The van der Waals surface area contributed by atoms with Gasteiger partial charge in [0.15, 0.2) is 6.04 Å². The monoisotopic (exact) mass is 154 g/mol. The summed E-state index contributed by atoms with van der Waals surface area (Å²) in [5.74, 6) is 0. The standard InChI is InChI=1S/C4H5F3N2O/c5-4(6,7)2-1-10-3(8)9-2/h2H,1H2,(H2,8,9)/t2-/m0/s1. The van der Waals surface area contributed by atoms with Crippen LogP contribution in [-0.4, -0.2) is 24.8 Å². The first kappa shape index (κ1) is 7.17. The number of amidine groups is 1. The van der Waals surface area contributed by atoms with E-state index in [0.717, 1.165) is 0 Å². The Labute approximate surface area is 54.7 Å². The zero-order valence-corrected chi connectivity index (χ0v) is 4.85. The van der Waals surface area contributed by atoms with Crippen LogP contribution in [0.1, 0.15) is 0 Å². The van der Waals surface area contributed by atoms with E-state index < -0.39 is 18.8 Å². The molecule has 0 aliphatic carbocycles. The Hall–Kier alpha value is -0.940. The molecule has 1 rings (SSSR count). The molecule has 0 radical (unpaired) electrons. The largest absolute Gasteiger partial charge is 0.463 e. The van der Waals surface area contributed by atoms with Crippen LogP contribution in [0.3, 0.4) is 0 Å². The van der Waals surface area contributed by atoms with Crippen LogP contribution in [-0.2, 0) is 4.74 Å². The first-order valence-corrected chi connectivity index (χ1v) is 2.53. The molecule has 0 bridgehead atoms. The summed E-state index contributed by atoms with van der Waals surface area (Å²) in [7, 11) is 0. The van der Waals surface area contributed by atoms with Crippen LogP contribution in [0.15, 0.2) is 4.99 Å². The maximum atomic E-state index is 11.7. The van der Waals surface area contributed by atoms with E-state index in [4.69, 9.17) is 5.73 Å². The Morgan fingerprint density at radius 3 is 2.40 bits per heavy atom. The highest BCUT2D eigenvalue weighted by Crippen LogP contribution is 2.25. The molecule has 1 heterocycles. The lowest BCUT2D eigenvalue weighted by molar-refractivity contribution is -0.149. The maximum Gasteiger partial charge on any atom is 0.414 e. The highest BCUT2D eigenvalue weighted by atomic mass is 19.4. The average Bonchev–Trinajstić information content (AvgIpc) is 2.11. The predicted molar refractivity (Wildman–Crippen MR) is 27.4 cm³/mol. The maximum absolute atomic E-state index is 11.7. The number of alkyl halides is 3. The van der Waals surface area contributed by atoms with E-state index >= 15 is 0 Å². The zero-order chi connectivity index (χ0) is 7.78. The van der Waals surface area contributed by atoms with E-state index in [-0.39, 0.29) is 6.02 Å². The Kier molecular flexibility index (Phi) is 1.46. The SMILES string of the molecule is NC1=N[C@H](C(F)(F)F)CO1.